The lowest BCUT2D eigenvalue weighted by molar-refractivity contribution is 0.304. The molecule has 20 heavy (non-hydrogen) atoms. The number of halogens is 5. The van der Waals surface area contributed by atoms with Gasteiger partial charge in [-0.2, -0.15) is 0 Å². The zero-order valence-electron chi connectivity index (χ0n) is 10.1. The third-order valence-corrected chi connectivity index (χ3v) is 3.76. The maximum absolute atomic E-state index is 13.0. The Hall–Kier alpha value is -0.670. The summed E-state index contributed by atoms with van der Waals surface area (Å²) in [5.74, 6) is 0.267. The molecule has 0 spiro atoms. The highest BCUT2D eigenvalue weighted by Crippen LogP contribution is 2.34. The zero-order valence-corrected chi connectivity index (χ0v) is 13.1. The lowest BCUT2D eigenvalue weighted by atomic mass is 10.2. The summed E-state index contributed by atoms with van der Waals surface area (Å²) < 4.78 is 18.6. The van der Waals surface area contributed by atoms with Crippen molar-refractivity contribution < 1.29 is 9.13 Å². The van der Waals surface area contributed by atoms with E-state index in [0.29, 0.717) is 31.9 Å². The van der Waals surface area contributed by atoms with Crippen LogP contribution in [0.4, 0.5) is 4.39 Å². The molecule has 2 rings (SSSR count). The quantitative estimate of drug-likeness (QED) is 0.603. The maximum Gasteiger partial charge on any atom is 0.142 e. The van der Waals surface area contributed by atoms with Crippen molar-refractivity contribution in [2.45, 2.75) is 12.5 Å². The molecule has 0 radical (unpaired) electrons. The molecular weight excluding hydrogens is 345 g/mol. The molecule has 0 aliphatic rings. The summed E-state index contributed by atoms with van der Waals surface area (Å²) in [6.45, 7) is 0.157. The largest absolute Gasteiger partial charge is 0.487 e. The van der Waals surface area contributed by atoms with E-state index in [1.165, 1.54) is 12.1 Å². The second-order valence-electron chi connectivity index (χ2n) is 4.03. The normalized spacial score (nSPS) is 10.7. The van der Waals surface area contributed by atoms with Gasteiger partial charge in [0, 0.05) is 16.1 Å². The van der Waals surface area contributed by atoms with Gasteiger partial charge in [0.2, 0.25) is 0 Å². The van der Waals surface area contributed by atoms with Crippen LogP contribution in [0.15, 0.2) is 30.3 Å². The van der Waals surface area contributed by atoms with Gasteiger partial charge >= 0.3 is 0 Å². The lowest BCUT2D eigenvalue weighted by Gasteiger charge is -2.13. The molecule has 0 heterocycles. The number of alkyl halides is 1. The summed E-state index contributed by atoms with van der Waals surface area (Å²) in [5, 5.41) is 1.15. The summed E-state index contributed by atoms with van der Waals surface area (Å²) in [4.78, 5) is 0. The summed E-state index contributed by atoms with van der Waals surface area (Å²) in [6.07, 6.45) is 0. The van der Waals surface area contributed by atoms with E-state index in [-0.39, 0.29) is 12.5 Å². The van der Waals surface area contributed by atoms with E-state index < -0.39 is 5.82 Å². The SMILES string of the molecule is Fc1ccc(COc2c(Cl)cc(Cl)cc2CCl)c(Cl)c1. The molecule has 0 fully saturated rings. The van der Waals surface area contributed by atoms with Gasteiger partial charge in [0.05, 0.1) is 15.9 Å². The Bertz CT molecular complexity index is 631. The van der Waals surface area contributed by atoms with Crippen molar-refractivity contribution in [3.8, 4) is 5.75 Å². The average Bonchev–Trinajstić information content (AvgIpc) is 2.38. The van der Waals surface area contributed by atoms with Crippen LogP contribution in [0.1, 0.15) is 11.1 Å². The van der Waals surface area contributed by atoms with Crippen LogP contribution in [0.2, 0.25) is 15.1 Å². The van der Waals surface area contributed by atoms with Gasteiger partial charge in [0.1, 0.15) is 18.2 Å². The molecule has 6 heteroatoms. The molecule has 0 amide bonds. The van der Waals surface area contributed by atoms with E-state index in [1.54, 1.807) is 18.2 Å². The minimum Gasteiger partial charge on any atom is -0.487 e. The predicted octanol–water partition coefficient (Wildman–Crippen LogP) is 6.10. The molecule has 0 bridgehead atoms. The molecule has 0 aromatic heterocycles. The smallest absolute Gasteiger partial charge is 0.142 e. The van der Waals surface area contributed by atoms with Gasteiger partial charge in [-0.15, -0.1) is 11.6 Å². The van der Waals surface area contributed by atoms with Gasteiger partial charge in [0.25, 0.3) is 0 Å². The maximum atomic E-state index is 13.0. The summed E-state index contributed by atoms with van der Waals surface area (Å²) >= 11 is 23.8. The van der Waals surface area contributed by atoms with Crippen LogP contribution in [0.25, 0.3) is 0 Å². The zero-order chi connectivity index (χ0) is 14.7. The first-order chi connectivity index (χ1) is 9.51. The molecule has 0 unspecified atom stereocenters. The number of hydrogen-bond acceptors (Lipinski definition) is 1. The Balaban J connectivity index is 2.22. The van der Waals surface area contributed by atoms with Crippen LogP contribution in [0.5, 0.6) is 5.75 Å². The summed E-state index contributed by atoms with van der Waals surface area (Å²) in [5.41, 5.74) is 1.34. The minimum absolute atomic E-state index is 0.157. The molecule has 0 saturated carbocycles. The van der Waals surface area contributed by atoms with Gasteiger partial charge in [-0.05, 0) is 24.3 Å². The fourth-order valence-electron chi connectivity index (χ4n) is 1.66. The number of ether oxygens (including phenoxy) is 1. The van der Waals surface area contributed by atoms with E-state index in [1.807, 2.05) is 0 Å². The molecule has 2 aromatic rings. The highest BCUT2D eigenvalue weighted by atomic mass is 35.5. The van der Waals surface area contributed by atoms with Crippen molar-refractivity contribution >= 4 is 46.4 Å². The Kier molecular flexibility index (Phi) is 5.39. The first kappa shape index (κ1) is 15.7. The van der Waals surface area contributed by atoms with E-state index in [9.17, 15) is 4.39 Å². The van der Waals surface area contributed by atoms with Crippen molar-refractivity contribution in [1.29, 1.82) is 0 Å². The van der Waals surface area contributed by atoms with E-state index in [4.69, 9.17) is 51.1 Å². The number of rotatable bonds is 4. The standard InChI is InChI=1S/C14H9Cl4FO/c15-6-9-3-10(16)4-13(18)14(9)20-7-8-1-2-11(19)5-12(8)17/h1-5H,6-7H2. The molecule has 0 aliphatic carbocycles. The molecule has 0 saturated heterocycles. The van der Waals surface area contributed by atoms with Gasteiger partial charge in [0.15, 0.2) is 0 Å². The van der Waals surface area contributed by atoms with Gasteiger partial charge in [-0.3, -0.25) is 0 Å². The first-order valence-corrected chi connectivity index (χ1v) is 7.28. The second kappa shape index (κ2) is 6.86. The van der Waals surface area contributed by atoms with Crippen LogP contribution < -0.4 is 4.74 Å². The van der Waals surface area contributed by atoms with E-state index in [2.05, 4.69) is 0 Å². The summed E-state index contributed by atoms with van der Waals surface area (Å²) in [6, 6.07) is 7.35. The summed E-state index contributed by atoms with van der Waals surface area (Å²) in [7, 11) is 0. The van der Waals surface area contributed by atoms with Crippen molar-refractivity contribution in [2.75, 3.05) is 0 Å². The van der Waals surface area contributed by atoms with Crippen LogP contribution in [0.3, 0.4) is 0 Å². The fourth-order valence-corrected chi connectivity index (χ4v) is 2.67. The average molecular weight is 354 g/mol. The third-order valence-electron chi connectivity index (χ3n) is 2.62. The Morgan fingerprint density at radius 2 is 1.70 bits per heavy atom. The van der Waals surface area contributed by atoms with Crippen LogP contribution in [-0.4, -0.2) is 0 Å². The highest BCUT2D eigenvalue weighted by molar-refractivity contribution is 6.36. The van der Waals surface area contributed by atoms with Crippen LogP contribution in [-0.2, 0) is 12.5 Å². The molecule has 0 aliphatic heterocycles. The number of benzene rings is 2. The Morgan fingerprint density at radius 3 is 2.35 bits per heavy atom. The molecular formula is C14H9Cl4FO. The molecule has 2 aromatic carbocycles. The minimum atomic E-state index is -0.398. The molecule has 106 valence electrons. The first-order valence-electron chi connectivity index (χ1n) is 5.62. The molecule has 0 N–H and O–H groups in total. The van der Waals surface area contributed by atoms with Gasteiger partial charge in [-0.1, -0.05) is 40.9 Å². The van der Waals surface area contributed by atoms with Gasteiger partial charge in [-0.25, -0.2) is 4.39 Å². The molecule has 0 atom stereocenters. The van der Waals surface area contributed by atoms with Crippen LogP contribution in [0, 0.1) is 5.82 Å². The Labute approximate surface area is 136 Å². The fraction of sp³-hybridized carbons (Fsp3) is 0.143. The van der Waals surface area contributed by atoms with Crippen molar-refractivity contribution in [2.24, 2.45) is 0 Å². The van der Waals surface area contributed by atoms with E-state index in [0.717, 1.165) is 0 Å². The van der Waals surface area contributed by atoms with Crippen molar-refractivity contribution in [1.82, 2.24) is 0 Å². The topological polar surface area (TPSA) is 9.23 Å². The molecule has 1 nitrogen and oxygen atoms in total. The monoisotopic (exact) mass is 352 g/mol. The Morgan fingerprint density at radius 1 is 0.950 bits per heavy atom. The third kappa shape index (κ3) is 3.70. The lowest BCUT2D eigenvalue weighted by Crippen LogP contribution is -2.00. The predicted molar refractivity (Wildman–Crippen MR) is 81.8 cm³/mol. The van der Waals surface area contributed by atoms with Crippen LogP contribution >= 0.6 is 46.4 Å². The van der Waals surface area contributed by atoms with Crippen molar-refractivity contribution in [3.63, 3.8) is 0 Å². The van der Waals surface area contributed by atoms with Gasteiger partial charge < -0.3 is 4.74 Å². The highest BCUT2D eigenvalue weighted by Gasteiger charge is 2.11. The van der Waals surface area contributed by atoms with E-state index >= 15 is 0 Å². The van der Waals surface area contributed by atoms with Crippen molar-refractivity contribution in [3.05, 3.63) is 62.3 Å². The number of hydrogen-bond donors (Lipinski definition) is 0. The second-order valence-corrected chi connectivity index (χ2v) is 5.55.